The zero-order valence-electron chi connectivity index (χ0n) is 44.0. The molecule has 0 aliphatic carbocycles. The summed E-state index contributed by atoms with van der Waals surface area (Å²) in [6.45, 7) is 13.5. The highest BCUT2D eigenvalue weighted by Crippen LogP contribution is 2.29. The number of quaternary nitrogens is 1. The molecule has 3 aromatic heterocycles. The van der Waals surface area contributed by atoms with E-state index in [1.807, 2.05) is 81.7 Å². The number of likely N-dealkylation sites (tertiary alicyclic amines) is 1. The van der Waals surface area contributed by atoms with Gasteiger partial charge in [0.2, 0.25) is 23.6 Å². The number of nitrogens with two attached hydrogens (primary N) is 1. The first-order valence-electron chi connectivity index (χ1n) is 25.7. The molecule has 3 amide bonds. The van der Waals surface area contributed by atoms with Crippen LogP contribution in [0, 0.1) is 16.6 Å². The lowest BCUT2D eigenvalue weighted by atomic mass is 9.85. The quantitative estimate of drug-likeness (QED) is 0.0251. The second-order valence-electron chi connectivity index (χ2n) is 19.5. The van der Waals surface area contributed by atoms with Gasteiger partial charge < -0.3 is 60.8 Å². The molecular formula is C55H75FN11O8+. The van der Waals surface area contributed by atoms with E-state index in [0.717, 1.165) is 27.6 Å². The fourth-order valence-electron chi connectivity index (χ4n) is 8.64. The number of aromatic nitrogens is 4. The molecule has 0 bridgehead atoms. The van der Waals surface area contributed by atoms with E-state index in [4.69, 9.17) is 24.4 Å². The number of hydrogen-bond acceptors (Lipinski definition) is 13. The number of benzene rings is 2. The predicted octanol–water partition coefficient (Wildman–Crippen LogP) is 4.38. The molecule has 5 aromatic rings. The minimum absolute atomic E-state index is 0.124. The summed E-state index contributed by atoms with van der Waals surface area (Å²) in [6.07, 6.45) is 11.1. The average molecular weight is 1040 g/mol. The van der Waals surface area contributed by atoms with Crippen molar-refractivity contribution >= 4 is 46.4 Å². The van der Waals surface area contributed by atoms with Crippen LogP contribution in [-0.4, -0.2) is 152 Å². The predicted molar refractivity (Wildman–Crippen MR) is 284 cm³/mol. The van der Waals surface area contributed by atoms with Crippen LogP contribution in [0.2, 0.25) is 0 Å². The lowest BCUT2D eigenvalue weighted by Crippen LogP contribution is -2.76. The maximum absolute atomic E-state index is 14.3. The molecule has 1 aliphatic rings. The Hall–Kier alpha value is -6.52. The molecule has 75 heavy (non-hydrogen) atoms. The molecule has 0 saturated carbocycles. The van der Waals surface area contributed by atoms with Crippen LogP contribution in [0.4, 0.5) is 4.39 Å². The number of allylic oxidation sites excluding steroid dienone is 1. The number of aromatic amines is 1. The summed E-state index contributed by atoms with van der Waals surface area (Å²) >= 11 is 0. The molecule has 5 atom stereocenters. The number of H-pyrrole nitrogens is 1. The third-order valence-corrected chi connectivity index (χ3v) is 13.0. The van der Waals surface area contributed by atoms with Gasteiger partial charge in [-0.1, -0.05) is 70.2 Å². The first-order chi connectivity index (χ1) is 36.2. The van der Waals surface area contributed by atoms with Crippen LogP contribution in [0.25, 0.3) is 27.7 Å². The number of hydrogen-bond donors (Lipinski definition) is 7. The van der Waals surface area contributed by atoms with Gasteiger partial charge in [-0.05, 0) is 56.0 Å². The van der Waals surface area contributed by atoms with Gasteiger partial charge in [-0.3, -0.25) is 19.2 Å². The maximum atomic E-state index is 14.3. The van der Waals surface area contributed by atoms with Gasteiger partial charge in [0, 0.05) is 71.6 Å². The Bertz CT molecular complexity index is 2670. The van der Waals surface area contributed by atoms with E-state index in [9.17, 15) is 23.6 Å². The van der Waals surface area contributed by atoms with Crippen molar-refractivity contribution in [1.29, 1.82) is 5.41 Å². The molecule has 0 radical (unpaired) electrons. The molecule has 1 fully saturated rings. The fraction of sp³-hybridized carbons (Fsp3) is 0.473. The summed E-state index contributed by atoms with van der Waals surface area (Å²) in [7, 11) is 1.69. The van der Waals surface area contributed by atoms with Gasteiger partial charge in [-0.15, -0.1) is 0 Å². The summed E-state index contributed by atoms with van der Waals surface area (Å²) < 4.78 is 37.6. The number of nitrogens with one attached hydrogen (secondary N) is 6. The van der Waals surface area contributed by atoms with Gasteiger partial charge in [0.25, 0.3) is 0 Å². The van der Waals surface area contributed by atoms with E-state index in [2.05, 4.69) is 36.3 Å². The molecule has 1 saturated heterocycles. The molecular weight excluding hydrogens is 962 g/mol. The summed E-state index contributed by atoms with van der Waals surface area (Å²) in [4.78, 5) is 63.5. The Morgan fingerprint density at radius 2 is 1.63 bits per heavy atom. The molecule has 6 rings (SSSR count). The lowest BCUT2D eigenvalue weighted by Gasteiger charge is -2.36. The van der Waals surface area contributed by atoms with E-state index >= 15 is 0 Å². The Balaban J connectivity index is 0.847. The SMILES string of the molecule is CC[C@@H](NC(=O)[C@@H]1C[C@H](NCCOCCOCCOCCOCCC(=O)n2cc(-c3cnc4[nH]cc(/C(C=N)=C/[NH2+]Cc5cccc(F)c5)c4c3)cn2)CN1C(=O)C(NC(=O)[C@H](C)NC)C(C)(C)C)c1ccccc1. The van der Waals surface area contributed by atoms with Gasteiger partial charge in [0.15, 0.2) is 0 Å². The number of halogens is 1. The second-order valence-corrected chi connectivity index (χ2v) is 19.5. The van der Waals surface area contributed by atoms with Crippen molar-refractivity contribution in [2.45, 2.75) is 90.6 Å². The second kappa shape index (κ2) is 29.0. The van der Waals surface area contributed by atoms with Crippen LogP contribution in [0.15, 0.2) is 91.7 Å². The van der Waals surface area contributed by atoms with Crippen LogP contribution in [0.3, 0.4) is 0 Å². The van der Waals surface area contributed by atoms with E-state index in [0.29, 0.717) is 95.5 Å². The van der Waals surface area contributed by atoms with E-state index in [-0.39, 0.29) is 54.6 Å². The number of pyridine rings is 1. The van der Waals surface area contributed by atoms with Crippen molar-refractivity contribution < 1.29 is 47.8 Å². The van der Waals surface area contributed by atoms with Crippen LogP contribution in [0.1, 0.15) is 81.4 Å². The molecule has 8 N–H and O–H groups in total. The molecule has 1 unspecified atom stereocenters. The number of nitrogens with zero attached hydrogens (tertiary/aromatic N) is 4. The monoisotopic (exact) mass is 1040 g/mol. The zero-order chi connectivity index (χ0) is 53.7. The van der Waals surface area contributed by atoms with Crippen LogP contribution >= 0.6 is 0 Å². The number of carbonyl (C=O) groups is 4. The third-order valence-electron chi connectivity index (χ3n) is 13.0. The molecule has 1 aliphatic heterocycles. The smallest absolute Gasteiger partial charge is 0.249 e. The van der Waals surface area contributed by atoms with E-state index in [1.54, 1.807) is 49.7 Å². The Morgan fingerprint density at radius 3 is 2.29 bits per heavy atom. The van der Waals surface area contributed by atoms with Crippen LogP contribution in [-0.2, 0) is 39.9 Å². The van der Waals surface area contributed by atoms with Crippen molar-refractivity contribution in [2.24, 2.45) is 5.41 Å². The van der Waals surface area contributed by atoms with Gasteiger partial charge in [0.05, 0.1) is 83.1 Å². The average Bonchev–Trinajstić information content (AvgIpc) is 4.19. The number of fused-ring (bicyclic) bond motifs is 1. The number of ether oxygens (including phenoxy) is 4. The van der Waals surface area contributed by atoms with Crippen LogP contribution < -0.4 is 26.6 Å². The highest BCUT2D eigenvalue weighted by molar-refractivity contribution is 6.13. The normalized spacial score (nSPS) is 16.2. The third kappa shape index (κ3) is 17.0. The maximum Gasteiger partial charge on any atom is 0.249 e. The van der Waals surface area contributed by atoms with Crippen molar-refractivity contribution in [1.82, 2.24) is 45.9 Å². The number of rotatable bonds is 30. The summed E-state index contributed by atoms with van der Waals surface area (Å²) in [5.74, 6) is -1.34. The molecule has 19 nitrogen and oxygen atoms in total. The van der Waals surface area contributed by atoms with Gasteiger partial charge in [-0.25, -0.2) is 14.1 Å². The highest BCUT2D eigenvalue weighted by Gasteiger charge is 2.45. The summed E-state index contributed by atoms with van der Waals surface area (Å²) in [5.41, 5.74) is 4.78. The molecule has 404 valence electrons. The van der Waals surface area contributed by atoms with Gasteiger partial charge >= 0.3 is 0 Å². The first-order valence-corrected chi connectivity index (χ1v) is 25.7. The number of carbonyl (C=O) groups excluding carboxylic acids is 4. The zero-order valence-corrected chi connectivity index (χ0v) is 44.0. The van der Waals surface area contributed by atoms with Gasteiger partial charge in [-0.2, -0.15) is 5.10 Å². The van der Waals surface area contributed by atoms with Gasteiger partial charge in [0.1, 0.15) is 36.3 Å². The minimum Gasteiger partial charge on any atom is -0.379 e. The van der Waals surface area contributed by atoms with Crippen molar-refractivity contribution in [2.75, 3.05) is 73.0 Å². The number of amides is 3. The Kier molecular flexibility index (Phi) is 22.3. The Morgan fingerprint density at radius 1 is 0.920 bits per heavy atom. The van der Waals surface area contributed by atoms with E-state index in [1.165, 1.54) is 23.0 Å². The topological polar surface area (TPSA) is 244 Å². The molecule has 2 aromatic carbocycles. The molecule has 4 heterocycles. The lowest BCUT2D eigenvalue weighted by molar-refractivity contribution is -0.603. The minimum atomic E-state index is -0.848. The molecule has 20 heteroatoms. The summed E-state index contributed by atoms with van der Waals surface area (Å²) in [5, 5.41) is 27.5. The highest BCUT2D eigenvalue weighted by atomic mass is 19.1. The van der Waals surface area contributed by atoms with Crippen molar-refractivity contribution in [3.05, 3.63) is 114 Å². The van der Waals surface area contributed by atoms with Crippen molar-refractivity contribution in [3.63, 3.8) is 0 Å². The van der Waals surface area contributed by atoms with E-state index < -0.39 is 23.5 Å². The largest absolute Gasteiger partial charge is 0.379 e. The standard InChI is InChI=1S/C55H74FN11O8/c1-7-47(39-13-9-8-10-14-39)64-53(70)48-28-44(36-66(48)54(71)50(55(3,4)5)65-52(69)37(2)58-6)60-17-19-73-21-23-75-25-24-74-22-20-72-18-16-49(68)67-35-42(33-63-67)40-27-45-46(34-62-51(45)61-32-40)41(29-57)31-59-30-38-12-11-15-43(56)26-38/h8-15,26-27,29,31-35,37,44,47-48,50,57-60H,7,16-25,28,30,36H2,1-6H3,(H,61,62)(H,64,70)(H,65,69)/p+1/b41-31+,57-29?/t37-,44-,47+,48-,50?/m0/s1. The van der Waals surface area contributed by atoms with Crippen molar-refractivity contribution in [3.8, 4) is 11.1 Å². The first kappa shape index (κ1) is 57.8. The fourth-order valence-corrected chi connectivity index (χ4v) is 8.64. The number of likely N-dealkylation sites (N-methyl/N-ethyl adjacent to an activating group) is 1. The summed E-state index contributed by atoms with van der Waals surface area (Å²) in [6, 6.07) is 15.7. The molecule has 0 spiro atoms. The Labute approximate surface area is 438 Å². The van der Waals surface area contributed by atoms with Crippen LogP contribution in [0.5, 0.6) is 0 Å².